The van der Waals surface area contributed by atoms with Crippen LogP contribution in [0.1, 0.15) is 22.8 Å². The van der Waals surface area contributed by atoms with E-state index in [2.05, 4.69) is 15.3 Å². The standard InChI is InChI=1S/C7H6ClF3N2O2.C5H4ClF3N2/c1-3-5(8)6(7(9,10)11)12-13(3)2-4(14)15;1-2-3(6)4(11-10-2)5(7,8)9/h2H2,1H3,(H,14,15);1H3,(H,10,11). The minimum Gasteiger partial charge on any atom is -0.480 e. The van der Waals surface area contributed by atoms with E-state index in [1.165, 1.54) is 13.8 Å². The number of hydrogen-bond acceptors (Lipinski definition) is 3. The number of rotatable bonds is 2. The fourth-order valence-electron chi connectivity index (χ4n) is 1.59. The lowest BCUT2D eigenvalue weighted by Crippen LogP contribution is -2.13. The van der Waals surface area contributed by atoms with Crippen molar-refractivity contribution in [2.45, 2.75) is 32.7 Å². The van der Waals surface area contributed by atoms with Crippen molar-refractivity contribution in [1.29, 1.82) is 0 Å². The van der Waals surface area contributed by atoms with E-state index < -0.39 is 41.3 Å². The maximum Gasteiger partial charge on any atom is 0.436 e. The molecule has 0 radical (unpaired) electrons. The molecule has 0 bridgehead atoms. The van der Waals surface area contributed by atoms with Crippen molar-refractivity contribution in [3.8, 4) is 0 Å². The van der Waals surface area contributed by atoms with E-state index in [0.717, 1.165) is 0 Å². The number of aliphatic carboxylic acids is 1. The molecule has 2 heterocycles. The van der Waals surface area contributed by atoms with Crippen LogP contribution in [0.25, 0.3) is 0 Å². The first-order valence-electron chi connectivity index (χ1n) is 6.45. The summed E-state index contributed by atoms with van der Waals surface area (Å²) in [5.41, 5.74) is -2.12. The number of H-pyrrole nitrogens is 1. The second kappa shape index (κ2) is 7.74. The Balaban J connectivity index is 0.000000273. The third-order valence-electron chi connectivity index (χ3n) is 2.83. The maximum absolute atomic E-state index is 12.3. The van der Waals surface area contributed by atoms with Gasteiger partial charge in [0.2, 0.25) is 0 Å². The lowest BCUT2D eigenvalue weighted by molar-refractivity contribution is -0.143. The zero-order valence-electron chi connectivity index (χ0n) is 12.9. The van der Waals surface area contributed by atoms with Crippen LogP contribution >= 0.6 is 23.2 Å². The number of aryl methyl sites for hydroxylation is 1. The van der Waals surface area contributed by atoms with Gasteiger partial charge in [0.05, 0.1) is 21.4 Å². The van der Waals surface area contributed by atoms with Gasteiger partial charge in [-0.3, -0.25) is 14.6 Å². The number of alkyl halides is 6. The van der Waals surface area contributed by atoms with Gasteiger partial charge in [-0.2, -0.15) is 36.5 Å². The van der Waals surface area contributed by atoms with Gasteiger partial charge < -0.3 is 5.11 Å². The maximum atomic E-state index is 12.3. The second-order valence-corrected chi connectivity index (χ2v) is 5.56. The highest BCUT2D eigenvalue weighted by molar-refractivity contribution is 6.32. The molecule has 2 N–H and O–H groups in total. The molecule has 2 aromatic rings. The average molecular weight is 427 g/mol. The van der Waals surface area contributed by atoms with Gasteiger partial charge in [0.15, 0.2) is 11.4 Å². The Bertz CT molecular complexity index is 797. The highest BCUT2D eigenvalue weighted by atomic mass is 35.5. The first kappa shape index (κ1) is 22.1. The Labute approximate surface area is 151 Å². The summed E-state index contributed by atoms with van der Waals surface area (Å²) in [5.74, 6) is -1.29. The van der Waals surface area contributed by atoms with E-state index in [1.807, 2.05) is 0 Å². The lowest BCUT2D eigenvalue weighted by Gasteiger charge is -2.01. The Kier molecular flexibility index (Phi) is 6.58. The topological polar surface area (TPSA) is 83.8 Å². The lowest BCUT2D eigenvalue weighted by atomic mass is 10.3. The van der Waals surface area contributed by atoms with Crippen LogP contribution in [0.3, 0.4) is 0 Å². The summed E-state index contributed by atoms with van der Waals surface area (Å²) in [6.07, 6.45) is -9.15. The molecule has 2 rings (SSSR count). The van der Waals surface area contributed by atoms with Gasteiger partial charge in [0.25, 0.3) is 0 Å². The molecule has 0 fully saturated rings. The molecule has 146 valence electrons. The SMILES string of the molecule is Cc1[nH]nc(C(F)(F)F)c1Cl.Cc1c(Cl)c(C(F)(F)F)nn1CC(=O)O. The van der Waals surface area contributed by atoms with Gasteiger partial charge in [-0.15, -0.1) is 0 Å². The summed E-state index contributed by atoms with van der Waals surface area (Å²) in [6, 6.07) is 0. The van der Waals surface area contributed by atoms with Crippen LogP contribution in [0.2, 0.25) is 10.0 Å². The molecule has 6 nitrogen and oxygen atoms in total. The molecule has 0 aromatic carbocycles. The predicted octanol–water partition coefficient (Wildman–Crippen LogP) is 4.34. The molecular formula is C12H10Cl2F6N4O2. The summed E-state index contributed by atoms with van der Waals surface area (Å²) < 4.78 is 73.2. The first-order valence-corrected chi connectivity index (χ1v) is 7.21. The predicted molar refractivity (Wildman–Crippen MR) is 77.9 cm³/mol. The molecule has 0 amide bonds. The molecule has 0 aliphatic rings. The third kappa shape index (κ3) is 5.27. The molecule has 0 spiro atoms. The zero-order chi connectivity index (χ0) is 20.4. The van der Waals surface area contributed by atoms with Crippen LogP contribution in [0.4, 0.5) is 26.3 Å². The highest BCUT2D eigenvalue weighted by Gasteiger charge is 2.38. The van der Waals surface area contributed by atoms with Crippen molar-refractivity contribution < 1.29 is 36.2 Å². The fraction of sp³-hybridized carbons (Fsp3) is 0.417. The number of hydrogen-bond donors (Lipinski definition) is 2. The quantitative estimate of drug-likeness (QED) is 0.699. The molecule has 26 heavy (non-hydrogen) atoms. The summed E-state index contributed by atoms with van der Waals surface area (Å²) in [6.45, 7) is 2.04. The van der Waals surface area contributed by atoms with Crippen LogP contribution < -0.4 is 0 Å². The molecule has 0 aliphatic heterocycles. The van der Waals surface area contributed by atoms with Crippen molar-refractivity contribution in [1.82, 2.24) is 20.0 Å². The summed E-state index contributed by atoms with van der Waals surface area (Å²) in [4.78, 5) is 10.3. The van der Waals surface area contributed by atoms with E-state index in [-0.39, 0.29) is 16.4 Å². The highest BCUT2D eigenvalue weighted by Crippen LogP contribution is 2.35. The van der Waals surface area contributed by atoms with Crippen LogP contribution in [0.5, 0.6) is 0 Å². The van der Waals surface area contributed by atoms with Crippen LogP contribution in [0, 0.1) is 13.8 Å². The number of nitrogens with one attached hydrogen (secondary N) is 1. The van der Waals surface area contributed by atoms with Crippen molar-refractivity contribution in [2.24, 2.45) is 0 Å². The Morgan fingerprint density at radius 3 is 1.85 bits per heavy atom. The van der Waals surface area contributed by atoms with Crippen molar-refractivity contribution in [3.05, 3.63) is 32.8 Å². The molecule has 0 aliphatic carbocycles. The van der Waals surface area contributed by atoms with Gasteiger partial charge in [0.1, 0.15) is 6.54 Å². The van der Waals surface area contributed by atoms with Crippen LogP contribution in [0.15, 0.2) is 0 Å². The van der Waals surface area contributed by atoms with Gasteiger partial charge >= 0.3 is 18.3 Å². The Morgan fingerprint density at radius 2 is 1.58 bits per heavy atom. The molecule has 0 saturated carbocycles. The van der Waals surface area contributed by atoms with Gasteiger partial charge in [-0.1, -0.05) is 23.2 Å². The molecule has 2 aromatic heterocycles. The number of nitrogens with zero attached hydrogens (tertiary/aromatic N) is 3. The first-order chi connectivity index (χ1) is 11.7. The average Bonchev–Trinajstić information content (AvgIpc) is 2.93. The molecule has 0 atom stereocenters. The smallest absolute Gasteiger partial charge is 0.436 e. The van der Waals surface area contributed by atoms with Crippen LogP contribution in [-0.4, -0.2) is 31.1 Å². The van der Waals surface area contributed by atoms with Crippen LogP contribution in [-0.2, 0) is 23.7 Å². The molecule has 0 unspecified atom stereocenters. The third-order valence-corrected chi connectivity index (χ3v) is 3.74. The number of carboxylic acids is 1. The number of aromatic amines is 1. The minimum atomic E-state index is -4.68. The van der Waals surface area contributed by atoms with Crippen molar-refractivity contribution >= 4 is 29.2 Å². The molecular weight excluding hydrogens is 417 g/mol. The van der Waals surface area contributed by atoms with E-state index in [0.29, 0.717) is 4.68 Å². The monoisotopic (exact) mass is 426 g/mol. The van der Waals surface area contributed by atoms with E-state index in [4.69, 9.17) is 28.3 Å². The zero-order valence-corrected chi connectivity index (χ0v) is 14.4. The second-order valence-electron chi connectivity index (χ2n) is 4.81. The largest absolute Gasteiger partial charge is 0.480 e. The van der Waals surface area contributed by atoms with E-state index >= 15 is 0 Å². The number of halogens is 8. The van der Waals surface area contributed by atoms with Crippen molar-refractivity contribution in [2.75, 3.05) is 0 Å². The summed E-state index contributed by atoms with van der Waals surface area (Å²) in [7, 11) is 0. The van der Waals surface area contributed by atoms with Gasteiger partial charge in [0, 0.05) is 0 Å². The minimum absolute atomic E-state index is 0.0219. The van der Waals surface area contributed by atoms with Crippen molar-refractivity contribution in [3.63, 3.8) is 0 Å². The normalized spacial score (nSPS) is 11.9. The molecule has 14 heteroatoms. The van der Waals surface area contributed by atoms with E-state index in [1.54, 1.807) is 0 Å². The Morgan fingerprint density at radius 1 is 1.08 bits per heavy atom. The number of aromatic nitrogens is 4. The summed E-state index contributed by atoms with van der Waals surface area (Å²) >= 11 is 10.7. The number of carboxylic acid groups (broad SMARTS) is 1. The number of carbonyl (C=O) groups is 1. The van der Waals surface area contributed by atoms with Gasteiger partial charge in [-0.25, -0.2) is 0 Å². The van der Waals surface area contributed by atoms with E-state index in [9.17, 15) is 31.1 Å². The Hall–Kier alpha value is -1.95. The summed E-state index contributed by atoms with van der Waals surface area (Å²) in [5, 5.41) is 15.7. The molecule has 0 saturated heterocycles. The van der Waals surface area contributed by atoms with Gasteiger partial charge in [-0.05, 0) is 13.8 Å². The fourth-order valence-corrected chi connectivity index (χ4v) is 2.02.